The lowest BCUT2D eigenvalue weighted by Gasteiger charge is -2.08. The lowest BCUT2D eigenvalue weighted by atomic mass is 10.3. The van der Waals surface area contributed by atoms with Crippen LogP contribution in [0.25, 0.3) is 0 Å². The monoisotopic (exact) mass is 298 g/mol. The van der Waals surface area contributed by atoms with Crippen molar-refractivity contribution in [3.8, 4) is 0 Å². The highest BCUT2D eigenvalue weighted by Gasteiger charge is 2.11. The van der Waals surface area contributed by atoms with Gasteiger partial charge in [-0.3, -0.25) is 9.79 Å². The number of nitrogens with zero attached hydrogens (tertiary/aromatic N) is 1. The Labute approximate surface area is 120 Å². The fourth-order valence-electron chi connectivity index (χ4n) is 1.46. The number of anilines is 1. The van der Waals surface area contributed by atoms with Crippen LogP contribution in [-0.2, 0) is 4.79 Å². The van der Waals surface area contributed by atoms with E-state index < -0.39 is 0 Å². The van der Waals surface area contributed by atoms with Crippen LogP contribution in [0, 0.1) is 0 Å². The quantitative estimate of drug-likeness (QED) is 0.867. The Morgan fingerprint density at radius 2 is 2.33 bits per heavy atom. The third kappa shape index (κ3) is 3.96. The summed E-state index contributed by atoms with van der Waals surface area (Å²) in [6.45, 7) is 0.879. The third-order valence-corrected chi connectivity index (χ3v) is 5.31. The summed E-state index contributed by atoms with van der Waals surface area (Å²) in [6.07, 6.45) is 2.00. The maximum atomic E-state index is 11.8. The molecule has 0 saturated heterocycles. The molecule has 0 bridgehead atoms. The van der Waals surface area contributed by atoms with Crippen LogP contribution in [0.15, 0.2) is 34.2 Å². The minimum Gasteiger partial charge on any atom is -0.324 e. The van der Waals surface area contributed by atoms with Crippen molar-refractivity contribution in [1.82, 2.24) is 0 Å². The highest BCUT2D eigenvalue weighted by Crippen LogP contribution is 2.25. The predicted octanol–water partition coefficient (Wildman–Crippen LogP) is 3.18. The number of para-hydroxylation sites is 1. The molecule has 0 radical (unpaired) electrons. The van der Waals surface area contributed by atoms with Gasteiger partial charge in [0.1, 0.15) is 4.38 Å². The van der Waals surface area contributed by atoms with Crippen molar-refractivity contribution in [3.63, 3.8) is 0 Å². The summed E-state index contributed by atoms with van der Waals surface area (Å²) in [4.78, 5) is 17.2. The van der Waals surface area contributed by atoms with Crippen LogP contribution in [0.5, 0.6) is 0 Å². The van der Waals surface area contributed by atoms with Crippen LogP contribution < -0.4 is 5.32 Å². The van der Waals surface area contributed by atoms with Crippen LogP contribution in [-0.4, -0.2) is 34.6 Å². The van der Waals surface area contributed by atoms with Gasteiger partial charge in [-0.2, -0.15) is 0 Å². The zero-order chi connectivity index (χ0) is 12.8. The number of hydrogen-bond acceptors (Lipinski definition) is 5. The van der Waals surface area contributed by atoms with Gasteiger partial charge in [0.2, 0.25) is 5.91 Å². The minimum absolute atomic E-state index is 0.0247. The number of hydrogen-bond donors (Lipinski definition) is 1. The van der Waals surface area contributed by atoms with Crippen LogP contribution in [0.4, 0.5) is 5.69 Å². The van der Waals surface area contributed by atoms with E-state index in [1.807, 2.05) is 30.5 Å². The molecule has 0 unspecified atom stereocenters. The van der Waals surface area contributed by atoms with Gasteiger partial charge >= 0.3 is 0 Å². The summed E-state index contributed by atoms with van der Waals surface area (Å²) < 4.78 is 1.03. The maximum absolute atomic E-state index is 11.8. The number of amides is 1. The van der Waals surface area contributed by atoms with Crippen molar-refractivity contribution in [2.24, 2.45) is 4.99 Å². The largest absolute Gasteiger partial charge is 0.324 e. The molecule has 1 aliphatic heterocycles. The van der Waals surface area contributed by atoms with E-state index >= 15 is 0 Å². The maximum Gasteiger partial charge on any atom is 0.234 e. The van der Waals surface area contributed by atoms with Gasteiger partial charge < -0.3 is 5.32 Å². The standard InChI is InChI=1S/C12H14N2OS3/c1-16-10-5-3-2-4-9(10)14-11(15)8-18-12-13-6-7-17-12/h2-5H,6-8H2,1H3,(H,14,15). The first kappa shape index (κ1) is 13.8. The van der Waals surface area contributed by atoms with Gasteiger partial charge in [-0.25, -0.2) is 0 Å². The summed E-state index contributed by atoms with van der Waals surface area (Å²) in [5, 5.41) is 2.94. The molecule has 3 nitrogen and oxygen atoms in total. The first-order valence-electron chi connectivity index (χ1n) is 5.52. The van der Waals surface area contributed by atoms with Gasteiger partial charge in [0.25, 0.3) is 0 Å². The van der Waals surface area contributed by atoms with Crippen LogP contribution >= 0.6 is 35.3 Å². The summed E-state index contributed by atoms with van der Waals surface area (Å²) in [7, 11) is 0. The molecule has 1 aliphatic rings. The zero-order valence-electron chi connectivity index (χ0n) is 10.0. The molecule has 0 atom stereocenters. The molecule has 0 spiro atoms. The van der Waals surface area contributed by atoms with E-state index in [0.717, 1.165) is 27.3 Å². The number of carbonyl (C=O) groups is 1. The van der Waals surface area contributed by atoms with Gasteiger partial charge in [0.05, 0.1) is 18.0 Å². The lowest BCUT2D eigenvalue weighted by Crippen LogP contribution is -2.15. The fourth-order valence-corrected chi connectivity index (χ4v) is 3.83. The summed E-state index contributed by atoms with van der Waals surface area (Å²) in [6, 6.07) is 7.83. The van der Waals surface area contributed by atoms with E-state index in [2.05, 4.69) is 10.3 Å². The Bertz CT molecular complexity index is 462. The highest BCUT2D eigenvalue weighted by atomic mass is 32.2. The molecule has 1 aromatic rings. The summed E-state index contributed by atoms with van der Waals surface area (Å²) >= 11 is 4.88. The number of thioether (sulfide) groups is 3. The number of benzene rings is 1. The lowest BCUT2D eigenvalue weighted by molar-refractivity contribution is -0.113. The Balaban J connectivity index is 1.86. The van der Waals surface area contributed by atoms with Crippen molar-refractivity contribution in [2.75, 3.05) is 29.6 Å². The van der Waals surface area contributed by atoms with E-state index in [-0.39, 0.29) is 5.91 Å². The smallest absolute Gasteiger partial charge is 0.234 e. The van der Waals surface area contributed by atoms with Crippen LogP contribution in [0.3, 0.4) is 0 Å². The topological polar surface area (TPSA) is 41.5 Å². The molecule has 6 heteroatoms. The molecule has 0 aliphatic carbocycles. The van der Waals surface area contributed by atoms with Gasteiger partial charge in [0.15, 0.2) is 0 Å². The second-order valence-electron chi connectivity index (χ2n) is 3.53. The van der Waals surface area contributed by atoms with Gasteiger partial charge in [-0.15, -0.1) is 11.8 Å². The van der Waals surface area contributed by atoms with E-state index in [1.165, 1.54) is 11.8 Å². The molecule has 18 heavy (non-hydrogen) atoms. The van der Waals surface area contributed by atoms with Crippen molar-refractivity contribution in [3.05, 3.63) is 24.3 Å². The van der Waals surface area contributed by atoms with E-state index in [1.54, 1.807) is 23.5 Å². The van der Waals surface area contributed by atoms with Crippen LogP contribution in [0.2, 0.25) is 0 Å². The molecule has 1 N–H and O–H groups in total. The Kier molecular flexibility index (Phi) is 5.46. The Morgan fingerprint density at radius 3 is 3.06 bits per heavy atom. The molecule has 2 rings (SSSR count). The van der Waals surface area contributed by atoms with Crippen molar-refractivity contribution < 1.29 is 4.79 Å². The van der Waals surface area contributed by atoms with Crippen molar-refractivity contribution in [2.45, 2.75) is 4.90 Å². The van der Waals surface area contributed by atoms with Gasteiger partial charge in [-0.05, 0) is 18.4 Å². The minimum atomic E-state index is 0.0247. The molecular weight excluding hydrogens is 284 g/mol. The number of nitrogens with one attached hydrogen (secondary N) is 1. The molecule has 1 amide bonds. The second-order valence-corrected chi connectivity index (χ2v) is 6.69. The molecule has 0 saturated carbocycles. The van der Waals surface area contributed by atoms with Gasteiger partial charge in [-0.1, -0.05) is 35.7 Å². The molecule has 0 aromatic heterocycles. The average molecular weight is 298 g/mol. The first-order valence-corrected chi connectivity index (χ1v) is 8.72. The second kappa shape index (κ2) is 7.11. The number of carbonyl (C=O) groups excluding carboxylic acids is 1. The Morgan fingerprint density at radius 1 is 1.50 bits per heavy atom. The van der Waals surface area contributed by atoms with Gasteiger partial charge in [0, 0.05) is 10.6 Å². The summed E-state index contributed by atoms with van der Waals surface area (Å²) in [5.41, 5.74) is 0.886. The highest BCUT2D eigenvalue weighted by molar-refractivity contribution is 8.39. The predicted molar refractivity (Wildman–Crippen MR) is 84.1 cm³/mol. The molecule has 96 valence electrons. The SMILES string of the molecule is CSc1ccccc1NC(=O)CSC1=NCCS1. The molecular formula is C12H14N2OS3. The zero-order valence-corrected chi connectivity index (χ0v) is 12.5. The van der Waals surface area contributed by atoms with Crippen molar-refractivity contribution >= 4 is 51.3 Å². The molecule has 0 fully saturated rings. The number of rotatable bonds is 4. The number of aliphatic imine (C=N–C) groups is 1. The average Bonchev–Trinajstić information content (AvgIpc) is 2.90. The van der Waals surface area contributed by atoms with E-state index in [9.17, 15) is 4.79 Å². The summed E-state index contributed by atoms with van der Waals surface area (Å²) in [5.74, 6) is 1.49. The van der Waals surface area contributed by atoms with Crippen LogP contribution in [0.1, 0.15) is 0 Å². The fraction of sp³-hybridized carbons (Fsp3) is 0.333. The van der Waals surface area contributed by atoms with E-state index in [4.69, 9.17) is 0 Å². The molecule has 1 heterocycles. The normalized spacial score (nSPS) is 14.4. The first-order chi connectivity index (χ1) is 8.79. The Hall–Kier alpha value is -0.590. The third-order valence-electron chi connectivity index (χ3n) is 2.27. The molecule has 1 aromatic carbocycles. The van der Waals surface area contributed by atoms with Crippen molar-refractivity contribution in [1.29, 1.82) is 0 Å². The van der Waals surface area contributed by atoms with E-state index in [0.29, 0.717) is 5.75 Å².